The van der Waals surface area contributed by atoms with Gasteiger partial charge in [-0.15, -0.1) is 0 Å². The first-order valence-corrected chi connectivity index (χ1v) is 6.98. The molecule has 2 N–H and O–H groups in total. The number of amides is 1. The highest BCUT2D eigenvalue weighted by atomic mass is 16.5. The highest BCUT2D eigenvalue weighted by Crippen LogP contribution is 2.20. The van der Waals surface area contributed by atoms with Gasteiger partial charge < -0.3 is 19.7 Å². The molecule has 1 aliphatic rings. The average molecular weight is 289 g/mol. The van der Waals surface area contributed by atoms with Gasteiger partial charge in [0.2, 0.25) is 0 Å². The van der Waals surface area contributed by atoms with Gasteiger partial charge in [-0.05, 0) is 26.0 Å². The van der Waals surface area contributed by atoms with Crippen molar-refractivity contribution >= 4 is 16.8 Å². The van der Waals surface area contributed by atoms with Crippen LogP contribution in [0.2, 0.25) is 0 Å². The highest BCUT2D eigenvalue weighted by molar-refractivity contribution is 5.98. The second kappa shape index (κ2) is 5.13. The Morgan fingerprint density at radius 1 is 1.57 bits per heavy atom. The zero-order valence-corrected chi connectivity index (χ0v) is 12.2. The van der Waals surface area contributed by atoms with E-state index in [0.717, 1.165) is 10.9 Å². The summed E-state index contributed by atoms with van der Waals surface area (Å²) < 4.78 is 5.55. The third kappa shape index (κ3) is 3.06. The van der Waals surface area contributed by atoms with E-state index in [-0.39, 0.29) is 18.6 Å². The molecular formula is C15H19N3O3. The van der Waals surface area contributed by atoms with Crippen molar-refractivity contribution < 1.29 is 14.6 Å². The lowest BCUT2D eigenvalue weighted by molar-refractivity contribution is -0.0943. The Morgan fingerprint density at radius 3 is 3.00 bits per heavy atom. The largest absolute Gasteiger partial charge is 0.388 e. The number of ether oxygens (including phenoxy) is 1. The standard InChI is InChI=1S/C15H19N3O3/c1-15(2,20)9-21-11-7-18(8-11)14(19)13-5-10-6-16-4-3-12(10)17-13/h3-6,11,17,20H,7-9H2,1-2H3. The van der Waals surface area contributed by atoms with Crippen LogP contribution in [-0.2, 0) is 4.74 Å². The van der Waals surface area contributed by atoms with Gasteiger partial charge in [-0.2, -0.15) is 0 Å². The molecule has 21 heavy (non-hydrogen) atoms. The number of hydrogen-bond acceptors (Lipinski definition) is 4. The molecule has 3 heterocycles. The molecule has 1 aliphatic heterocycles. The number of hydrogen-bond donors (Lipinski definition) is 2. The van der Waals surface area contributed by atoms with Crippen LogP contribution in [-0.4, -0.2) is 57.3 Å². The fourth-order valence-electron chi connectivity index (χ4n) is 2.29. The number of nitrogens with one attached hydrogen (secondary N) is 1. The number of carbonyl (C=O) groups is 1. The summed E-state index contributed by atoms with van der Waals surface area (Å²) in [6.45, 7) is 4.79. The maximum atomic E-state index is 12.3. The van der Waals surface area contributed by atoms with Crippen molar-refractivity contribution in [3.63, 3.8) is 0 Å². The van der Waals surface area contributed by atoms with E-state index in [1.165, 1.54) is 0 Å². The van der Waals surface area contributed by atoms with Crippen LogP contribution < -0.4 is 0 Å². The molecule has 0 bridgehead atoms. The van der Waals surface area contributed by atoms with E-state index in [4.69, 9.17) is 4.74 Å². The first-order chi connectivity index (χ1) is 9.92. The monoisotopic (exact) mass is 289 g/mol. The molecule has 2 aromatic rings. The Bertz CT molecular complexity index is 620. The zero-order valence-electron chi connectivity index (χ0n) is 12.2. The van der Waals surface area contributed by atoms with Crippen LogP contribution in [0.1, 0.15) is 24.3 Å². The van der Waals surface area contributed by atoms with E-state index in [9.17, 15) is 9.90 Å². The smallest absolute Gasteiger partial charge is 0.270 e. The zero-order chi connectivity index (χ0) is 15.0. The maximum absolute atomic E-state index is 12.3. The molecule has 6 nitrogen and oxygen atoms in total. The van der Waals surface area contributed by atoms with Crippen LogP contribution >= 0.6 is 0 Å². The number of fused-ring (bicyclic) bond motifs is 1. The van der Waals surface area contributed by atoms with Crippen LogP contribution in [0.15, 0.2) is 24.5 Å². The number of nitrogens with zero attached hydrogens (tertiary/aromatic N) is 2. The Hall–Kier alpha value is -1.92. The van der Waals surface area contributed by atoms with Crippen LogP contribution in [0.4, 0.5) is 0 Å². The van der Waals surface area contributed by atoms with Gasteiger partial charge in [-0.3, -0.25) is 9.78 Å². The fourth-order valence-corrected chi connectivity index (χ4v) is 2.29. The van der Waals surface area contributed by atoms with E-state index in [2.05, 4.69) is 9.97 Å². The molecule has 0 spiro atoms. The van der Waals surface area contributed by atoms with E-state index >= 15 is 0 Å². The Morgan fingerprint density at radius 2 is 2.33 bits per heavy atom. The van der Waals surface area contributed by atoms with Crippen molar-refractivity contribution in [1.82, 2.24) is 14.9 Å². The summed E-state index contributed by atoms with van der Waals surface area (Å²) >= 11 is 0. The highest BCUT2D eigenvalue weighted by Gasteiger charge is 2.33. The molecule has 0 radical (unpaired) electrons. The minimum absolute atomic E-state index is 0.00594. The third-order valence-electron chi connectivity index (χ3n) is 3.46. The quantitative estimate of drug-likeness (QED) is 0.885. The van der Waals surface area contributed by atoms with Crippen LogP contribution in [0.5, 0.6) is 0 Å². The second-order valence-corrected chi connectivity index (χ2v) is 6.10. The number of aromatic amines is 1. The SMILES string of the molecule is CC(C)(O)COC1CN(C(=O)c2cc3cnccc3[nH]2)C1. The second-order valence-electron chi connectivity index (χ2n) is 6.10. The van der Waals surface area contributed by atoms with Crippen LogP contribution in [0, 0.1) is 0 Å². The van der Waals surface area contributed by atoms with Crippen LogP contribution in [0.3, 0.4) is 0 Å². The van der Waals surface area contributed by atoms with Gasteiger partial charge in [-0.1, -0.05) is 0 Å². The number of pyridine rings is 1. The lowest BCUT2D eigenvalue weighted by Gasteiger charge is -2.39. The van der Waals surface area contributed by atoms with E-state index in [1.807, 2.05) is 12.1 Å². The predicted octanol–water partition coefficient (Wildman–Crippen LogP) is 1.17. The topological polar surface area (TPSA) is 78.5 Å². The van der Waals surface area contributed by atoms with Gasteiger partial charge in [0, 0.05) is 36.4 Å². The van der Waals surface area contributed by atoms with Crippen molar-refractivity contribution in [3.8, 4) is 0 Å². The molecule has 3 rings (SSSR count). The maximum Gasteiger partial charge on any atom is 0.270 e. The first kappa shape index (κ1) is 14.0. The van der Waals surface area contributed by atoms with Crippen LogP contribution in [0.25, 0.3) is 10.9 Å². The van der Waals surface area contributed by atoms with Gasteiger partial charge in [0.1, 0.15) is 5.69 Å². The summed E-state index contributed by atoms with van der Waals surface area (Å²) in [7, 11) is 0. The summed E-state index contributed by atoms with van der Waals surface area (Å²) in [6, 6.07) is 3.66. The van der Waals surface area contributed by atoms with E-state index < -0.39 is 5.60 Å². The molecule has 1 saturated heterocycles. The Kier molecular flexibility index (Phi) is 3.43. The molecule has 0 atom stereocenters. The fraction of sp³-hybridized carbons (Fsp3) is 0.467. The summed E-state index contributed by atoms with van der Waals surface area (Å²) in [5.74, 6) is -0.0330. The molecule has 6 heteroatoms. The van der Waals surface area contributed by atoms with Crippen molar-refractivity contribution in [2.45, 2.75) is 25.6 Å². The normalized spacial score (nSPS) is 16.2. The van der Waals surface area contributed by atoms with Crippen molar-refractivity contribution in [3.05, 3.63) is 30.2 Å². The molecule has 2 aromatic heterocycles. The molecule has 0 aromatic carbocycles. The predicted molar refractivity (Wildman–Crippen MR) is 78.0 cm³/mol. The molecule has 0 aliphatic carbocycles. The van der Waals surface area contributed by atoms with E-state index in [1.54, 1.807) is 31.1 Å². The average Bonchev–Trinajstić information content (AvgIpc) is 2.78. The number of likely N-dealkylation sites (tertiary alicyclic amines) is 1. The lowest BCUT2D eigenvalue weighted by Crippen LogP contribution is -2.55. The summed E-state index contributed by atoms with van der Waals surface area (Å²) in [6.07, 6.45) is 3.43. The Balaban J connectivity index is 1.58. The third-order valence-corrected chi connectivity index (χ3v) is 3.46. The van der Waals surface area contributed by atoms with Gasteiger partial charge in [-0.25, -0.2) is 0 Å². The summed E-state index contributed by atoms with van der Waals surface area (Å²) in [5.41, 5.74) is 0.636. The van der Waals surface area contributed by atoms with Crippen molar-refractivity contribution in [2.24, 2.45) is 0 Å². The summed E-state index contributed by atoms with van der Waals surface area (Å²) in [4.78, 5) is 21.2. The van der Waals surface area contributed by atoms with Crippen molar-refractivity contribution in [1.29, 1.82) is 0 Å². The minimum Gasteiger partial charge on any atom is -0.388 e. The molecule has 1 fully saturated rings. The van der Waals surface area contributed by atoms with Gasteiger partial charge in [0.15, 0.2) is 0 Å². The van der Waals surface area contributed by atoms with Gasteiger partial charge in [0.05, 0.1) is 18.3 Å². The summed E-state index contributed by atoms with van der Waals surface area (Å²) in [5, 5.41) is 10.5. The lowest BCUT2D eigenvalue weighted by atomic mass is 10.1. The first-order valence-electron chi connectivity index (χ1n) is 6.98. The number of H-pyrrole nitrogens is 1. The minimum atomic E-state index is -0.839. The number of aliphatic hydroxyl groups is 1. The van der Waals surface area contributed by atoms with E-state index in [0.29, 0.717) is 18.8 Å². The van der Waals surface area contributed by atoms with Gasteiger partial charge in [0.25, 0.3) is 5.91 Å². The molecular weight excluding hydrogens is 270 g/mol. The number of rotatable bonds is 4. The molecule has 0 unspecified atom stereocenters. The van der Waals surface area contributed by atoms with Gasteiger partial charge >= 0.3 is 0 Å². The number of carbonyl (C=O) groups excluding carboxylic acids is 1. The number of aromatic nitrogens is 2. The molecule has 0 saturated carbocycles. The molecule has 1 amide bonds. The molecule has 112 valence electrons. The van der Waals surface area contributed by atoms with Crippen molar-refractivity contribution in [2.75, 3.05) is 19.7 Å². The Labute approximate surface area is 122 Å².